The van der Waals surface area contributed by atoms with Crippen LogP contribution in [0.3, 0.4) is 0 Å². The van der Waals surface area contributed by atoms with E-state index in [-0.39, 0.29) is 18.4 Å². The third kappa shape index (κ3) is 2.01. The fourth-order valence-electron chi connectivity index (χ4n) is 2.92. The van der Waals surface area contributed by atoms with Gasteiger partial charge in [-0.1, -0.05) is 18.0 Å². The van der Waals surface area contributed by atoms with E-state index in [1.54, 1.807) is 0 Å². The Morgan fingerprint density at radius 1 is 1.31 bits per heavy atom. The van der Waals surface area contributed by atoms with Crippen molar-refractivity contribution in [1.82, 2.24) is 15.5 Å². The SMILES string of the molecule is Cl.O=c1[nH]c([C@@H]2C[C@@H]3CCCC[C@@H]3N2)no1. The van der Waals surface area contributed by atoms with Crippen LogP contribution < -0.4 is 11.1 Å². The summed E-state index contributed by atoms with van der Waals surface area (Å²) in [5, 5.41) is 7.28. The molecule has 6 heteroatoms. The Balaban J connectivity index is 0.000000963. The highest BCUT2D eigenvalue weighted by Crippen LogP contribution is 2.37. The summed E-state index contributed by atoms with van der Waals surface area (Å²) in [6, 6.07) is 0.800. The molecule has 1 aromatic heterocycles. The van der Waals surface area contributed by atoms with Gasteiger partial charge in [-0.3, -0.25) is 9.51 Å². The Morgan fingerprint density at radius 3 is 2.81 bits per heavy atom. The summed E-state index contributed by atoms with van der Waals surface area (Å²) in [6.07, 6.45) is 6.29. The van der Waals surface area contributed by atoms with Gasteiger partial charge in [-0.05, 0) is 25.2 Å². The molecule has 1 aliphatic carbocycles. The van der Waals surface area contributed by atoms with Crippen LogP contribution in [0.2, 0.25) is 0 Å². The topological polar surface area (TPSA) is 70.9 Å². The van der Waals surface area contributed by atoms with Crippen LogP contribution in [0.4, 0.5) is 0 Å². The lowest BCUT2D eigenvalue weighted by Crippen LogP contribution is -2.30. The molecule has 2 aliphatic rings. The van der Waals surface area contributed by atoms with Crippen molar-refractivity contribution in [1.29, 1.82) is 0 Å². The molecule has 1 saturated carbocycles. The molecule has 0 spiro atoms. The van der Waals surface area contributed by atoms with Crippen molar-refractivity contribution in [2.75, 3.05) is 0 Å². The van der Waals surface area contributed by atoms with Crippen LogP contribution in [-0.2, 0) is 0 Å². The number of hydrogen-bond donors (Lipinski definition) is 2. The predicted octanol–water partition coefficient (Wildman–Crippen LogP) is 1.38. The van der Waals surface area contributed by atoms with Crippen molar-refractivity contribution in [2.45, 2.75) is 44.2 Å². The molecule has 2 fully saturated rings. The van der Waals surface area contributed by atoms with Gasteiger partial charge in [-0.25, -0.2) is 4.79 Å². The van der Waals surface area contributed by atoms with E-state index >= 15 is 0 Å². The van der Waals surface area contributed by atoms with E-state index in [1.807, 2.05) is 0 Å². The molecule has 16 heavy (non-hydrogen) atoms. The van der Waals surface area contributed by atoms with E-state index in [9.17, 15) is 4.79 Å². The number of nitrogens with one attached hydrogen (secondary N) is 2. The molecule has 0 aromatic carbocycles. The third-order valence-corrected chi connectivity index (χ3v) is 3.65. The fraction of sp³-hybridized carbons (Fsp3) is 0.800. The van der Waals surface area contributed by atoms with Gasteiger partial charge in [0, 0.05) is 6.04 Å². The summed E-state index contributed by atoms with van der Waals surface area (Å²) in [6.45, 7) is 0. The molecule has 0 unspecified atom stereocenters. The number of aromatic nitrogens is 2. The summed E-state index contributed by atoms with van der Waals surface area (Å²) in [5.41, 5.74) is 0. The third-order valence-electron chi connectivity index (χ3n) is 3.65. The first-order valence-electron chi connectivity index (χ1n) is 5.65. The Labute approximate surface area is 99.4 Å². The van der Waals surface area contributed by atoms with Gasteiger partial charge in [0.05, 0.1) is 6.04 Å². The van der Waals surface area contributed by atoms with Gasteiger partial charge in [0.25, 0.3) is 0 Å². The van der Waals surface area contributed by atoms with Crippen LogP contribution >= 0.6 is 12.4 Å². The lowest BCUT2D eigenvalue weighted by atomic mass is 9.85. The normalized spacial score (nSPS) is 33.1. The van der Waals surface area contributed by atoms with E-state index in [0.717, 1.165) is 12.3 Å². The first-order valence-corrected chi connectivity index (χ1v) is 5.65. The average molecular weight is 246 g/mol. The molecular weight excluding hydrogens is 230 g/mol. The van der Waals surface area contributed by atoms with Crippen LogP contribution in [0.15, 0.2) is 9.32 Å². The fourth-order valence-corrected chi connectivity index (χ4v) is 2.92. The maximum absolute atomic E-state index is 10.8. The number of H-pyrrole nitrogens is 1. The molecule has 0 bridgehead atoms. The average Bonchev–Trinajstić information content (AvgIpc) is 2.82. The minimum Gasteiger partial charge on any atom is -0.304 e. The molecule has 3 rings (SSSR count). The van der Waals surface area contributed by atoms with E-state index in [0.29, 0.717) is 11.9 Å². The van der Waals surface area contributed by atoms with Gasteiger partial charge in [0.15, 0.2) is 5.82 Å². The number of hydrogen-bond acceptors (Lipinski definition) is 4. The molecule has 1 saturated heterocycles. The summed E-state index contributed by atoms with van der Waals surface area (Å²) in [4.78, 5) is 13.5. The van der Waals surface area contributed by atoms with Crippen molar-refractivity contribution in [3.63, 3.8) is 0 Å². The van der Waals surface area contributed by atoms with Crippen molar-refractivity contribution >= 4 is 12.4 Å². The zero-order valence-electron chi connectivity index (χ0n) is 8.94. The minimum absolute atomic E-state index is 0. The molecule has 2 heterocycles. The van der Waals surface area contributed by atoms with E-state index in [1.165, 1.54) is 25.7 Å². The Kier molecular flexibility index (Phi) is 3.35. The van der Waals surface area contributed by atoms with Crippen molar-refractivity contribution in [3.8, 4) is 0 Å². The van der Waals surface area contributed by atoms with E-state index in [2.05, 4.69) is 20.0 Å². The molecule has 1 aromatic rings. The molecular formula is C10H16ClN3O2. The van der Waals surface area contributed by atoms with Gasteiger partial charge in [0.1, 0.15) is 0 Å². The Bertz CT molecular complexity index is 389. The Hall–Kier alpha value is -0.810. The quantitative estimate of drug-likeness (QED) is 0.784. The maximum Gasteiger partial charge on any atom is 0.438 e. The largest absolute Gasteiger partial charge is 0.438 e. The lowest BCUT2D eigenvalue weighted by molar-refractivity contribution is 0.325. The number of nitrogens with zero attached hydrogens (tertiary/aromatic N) is 1. The number of fused-ring (bicyclic) bond motifs is 1. The number of aromatic amines is 1. The highest BCUT2D eigenvalue weighted by atomic mass is 35.5. The summed E-state index contributed by atoms with van der Waals surface area (Å²) >= 11 is 0. The minimum atomic E-state index is -0.457. The van der Waals surface area contributed by atoms with Crippen molar-refractivity contribution in [2.24, 2.45) is 5.92 Å². The Morgan fingerprint density at radius 2 is 2.12 bits per heavy atom. The van der Waals surface area contributed by atoms with Crippen LogP contribution in [0.5, 0.6) is 0 Å². The number of halogens is 1. The lowest BCUT2D eigenvalue weighted by Gasteiger charge is -2.24. The standard InChI is InChI=1S/C10H15N3O2.ClH/c14-10-12-9(13-15-10)8-5-6-3-1-2-4-7(6)11-8;/h6-8,11H,1-5H2,(H,12,13,14);1H/t6-,7-,8-;/m0./s1. The second-order valence-electron chi connectivity index (χ2n) is 4.59. The van der Waals surface area contributed by atoms with Crippen LogP contribution in [-0.4, -0.2) is 16.2 Å². The second-order valence-corrected chi connectivity index (χ2v) is 4.59. The molecule has 2 N–H and O–H groups in total. The molecule has 3 atom stereocenters. The summed E-state index contributed by atoms with van der Waals surface area (Å²) in [5.74, 6) is 0.958. The van der Waals surface area contributed by atoms with Gasteiger partial charge < -0.3 is 5.32 Å². The van der Waals surface area contributed by atoms with Gasteiger partial charge in [-0.15, -0.1) is 12.4 Å². The highest BCUT2D eigenvalue weighted by molar-refractivity contribution is 5.85. The van der Waals surface area contributed by atoms with Gasteiger partial charge >= 0.3 is 5.76 Å². The van der Waals surface area contributed by atoms with Crippen molar-refractivity contribution < 1.29 is 4.52 Å². The molecule has 0 amide bonds. The first-order chi connectivity index (χ1) is 7.33. The number of rotatable bonds is 1. The van der Waals surface area contributed by atoms with E-state index < -0.39 is 5.76 Å². The second kappa shape index (κ2) is 4.59. The van der Waals surface area contributed by atoms with Gasteiger partial charge in [-0.2, -0.15) is 0 Å². The van der Waals surface area contributed by atoms with Crippen molar-refractivity contribution in [3.05, 3.63) is 16.4 Å². The van der Waals surface area contributed by atoms with Crippen LogP contribution in [0.1, 0.15) is 44.0 Å². The predicted molar refractivity (Wildman–Crippen MR) is 60.6 cm³/mol. The van der Waals surface area contributed by atoms with Crippen LogP contribution in [0.25, 0.3) is 0 Å². The highest BCUT2D eigenvalue weighted by Gasteiger charge is 2.37. The molecule has 1 aliphatic heterocycles. The molecule has 90 valence electrons. The summed E-state index contributed by atoms with van der Waals surface area (Å²) in [7, 11) is 0. The molecule has 0 radical (unpaired) electrons. The molecule has 5 nitrogen and oxygen atoms in total. The van der Waals surface area contributed by atoms with Crippen LogP contribution in [0, 0.1) is 5.92 Å². The van der Waals surface area contributed by atoms with E-state index in [4.69, 9.17) is 0 Å². The first kappa shape index (κ1) is 11.7. The summed E-state index contributed by atoms with van der Waals surface area (Å²) < 4.78 is 4.53. The smallest absolute Gasteiger partial charge is 0.304 e. The monoisotopic (exact) mass is 245 g/mol. The zero-order chi connectivity index (χ0) is 10.3. The van der Waals surface area contributed by atoms with Gasteiger partial charge in [0.2, 0.25) is 0 Å². The maximum atomic E-state index is 10.8. The zero-order valence-corrected chi connectivity index (χ0v) is 9.76.